The first-order valence-electron chi connectivity index (χ1n) is 2.82. The molecule has 4 heteroatoms. The normalized spacial score (nSPS) is 11.2. The third kappa shape index (κ3) is 2.86. The molecule has 54 valence electrons. The maximum Gasteiger partial charge on any atom is 0.225 e. The zero-order valence-corrected chi connectivity index (χ0v) is 7.99. The van der Waals surface area contributed by atoms with Gasteiger partial charge in [-0.25, -0.2) is 0 Å². The predicted octanol–water partition coefficient (Wildman–Crippen LogP) is 1.82. The van der Waals surface area contributed by atoms with Crippen LogP contribution in [0.5, 0.6) is 0 Å². The van der Waals surface area contributed by atoms with Crippen LogP contribution < -0.4 is 0 Å². The van der Waals surface area contributed by atoms with Gasteiger partial charge in [0.05, 0.1) is 0 Å². The second kappa shape index (κ2) is 2.71. The topological polar surface area (TPSA) is 20.3 Å². The summed E-state index contributed by atoms with van der Waals surface area (Å²) in [6, 6.07) is 0. The van der Waals surface area contributed by atoms with E-state index < -0.39 is 8.24 Å². The van der Waals surface area contributed by atoms with Crippen LogP contribution in [0, 0.1) is 0 Å². The average molecular weight is 166 g/mol. The zero-order valence-electron chi connectivity index (χ0n) is 6.23. The van der Waals surface area contributed by atoms with Crippen LogP contribution in [0.1, 0.15) is 6.92 Å². The van der Waals surface area contributed by atoms with E-state index in [1.54, 1.807) is 0 Å². The third-order valence-corrected chi connectivity index (χ3v) is 4.12. The highest BCUT2D eigenvalue weighted by molar-refractivity contribution is 6.80. The minimum atomic E-state index is -1.57. The Labute approximate surface area is 62.0 Å². The number of nitrogens with zero attached hydrogens (tertiary/aromatic N) is 1. The maximum absolute atomic E-state index is 10.6. The molecule has 0 saturated heterocycles. The van der Waals surface area contributed by atoms with E-state index in [9.17, 15) is 4.79 Å². The molecule has 0 bridgehead atoms. The van der Waals surface area contributed by atoms with Gasteiger partial charge in [0, 0.05) is 18.7 Å². The van der Waals surface area contributed by atoms with Crippen molar-refractivity contribution in [2.24, 2.45) is 0 Å². The van der Waals surface area contributed by atoms with Crippen LogP contribution in [-0.4, -0.2) is 18.2 Å². The summed E-state index contributed by atoms with van der Waals surface area (Å²) in [5, 5.41) is 0. The molecule has 0 heterocycles. The summed E-state index contributed by atoms with van der Waals surface area (Å²) in [5.41, 5.74) is 0. The van der Waals surface area contributed by atoms with Crippen molar-refractivity contribution in [2.45, 2.75) is 26.6 Å². The maximum atomic E-state index is 10.6. The minimum absolute atomic E-state index is 0.0594. The highest BCUT2D eigenvalue weighted by Crippen LogP contribution is 2.11. The first kappa shape index (κ1) is 8.98. The van der Waals surface area contributed by atoms with Crippen LogP contribution in [-0.2, 0) is 4.79 Å². The number of amides is 1. The van der Waals surface area contributed by atoms with Crippen molar-refractivity contribution in [2.75, 3.05) is 0 Å². The molecule has 0 rings (SSSR count). The lowest BCUT2D eigenvalue weighted by molar-refractivity contribution is -0.121. The summed E-state index contributed by atoms with van der Waals surface area (Å²) in [5.74, 6) is -0.0594. The quantitative estimate of drug-likeness (QED) is 0.429. The molecule has 0 saturated carbocycles. The lowest BCUT2D eigenvalue weighted by atomic mass is 10.8. The van der Waals surface area contributed by atoms with Crippen molar-refractivity contribution in [1.82, 2.24) is 4.08 Å². The molecule has 0 atom stereocenters. The van der Waals surface area contributed by atoms with E-state index in [1.807, 2.05) is 19.6 Å². The van der Waals surface area contributed by atoms with E-state index in [-0.39, 0.29) is 5.91 Å². The molecule has 0 spiro atoms. The standard InChI is InChI=1S/C5H12ClNOSi/c1-5(8)7(6)9(2,3)4/h1-4H3. The van der Waals surface area contributed by atoms with Gasteiger partial charge in [-0.05, 0) is 0 Å². The molecule has 0 aromatic heterocycles. The van der Waals surface area contributed by atoms with Crippen LogP contribution in [0.15, 0.2) is 0 Å². The van der Waals surface area contributed by atoms with E-state index in [4.69, 9.17) is 11.8 Å². The van der Waals surface area contributed by atoms with Crippen LogP contribution in [0.25, 0.3) is 0 Å². The SMILES string of the molecule is CC(=O)N(Cl)[Si](C)(C)C. The van der Waals surface area contributed by atoms with Gasteiger partial charge in [-0.15, -0.1) is 0 Å². The van der Waals surface area contributed by atoms with Crippen molar-refractivity contribution < 1.29 is 4.79 Å². The Morgan fingerprint density at radius 1 is 1.44 bits per heavy atom. The van der Waals surface area contributed by atoms with Crippen LogP contribution >= 0.6 is 11.8 Å². The average Bonchev–Trinajstić information content (AvgIpc) is 1.62. The largest absolute Gasteiger partial charge is 0.285 e. The molecule has 0 aromatic carbocycles. The van der Waals surface area contributed by atoms with Crippen molar-refractivity contribution in [3.63, 3.8) is 0 Å². The number of rotatable bonds is 1. The van der Waals surface area contributed by atoms with Gasteiger partial charge >= 0.3 is 0 Å². The Balaban J connectivity index is 4.04. The Morgan fingerprint density at radius 3 is 1.78 bits per heavy atom. The molecular weight excluding hydrogens is 154 g/mol. The van der Waals surface area contributed by atoms with E-state index in [0.717, 1.165) is 0 Å². The fourth-order valence-electron chi connectivity index (χ4n) is 0.472. The Kier molecular flexibility index (Phi) is 2.70. The van der Waals surface area contributed by atoms with E-state index in [1.165, 1.54) is 11.0 Å². The molecule has 0 aliphatic heterocycles. The van der Waals surface area contributed by atoms with Gasteiger partial charge < -0.3 is 0 Å². The van der Waals surface area contributed by atoms with Gasteiger partial charge in [0.25, 0.3) is 0 Å². The molecule has 1 amide bonds. The predicted molar refractivity (Wildman–Crippen MR) is 41.7 cm³/mol. The van der Waals surface area contributed by atoms with Gasteiger partial charge in [0.2, 0.25) is 5.91 Å². The van der Waals surface area contributed by atoms with Gasteiger partial charge in [0.1, 0.15) is 0 Å². The Morgan fingerprint density at radius 2 is 1.78 bits per heavy atom. The molecule has 0 aromatic rings. The molecule has 0 N–H and O–H groups in total. The number of hydrogen-bond acceptors (Lipinski definition) is 1. The van der Waals surface area contributed by atoms with Gasteiger partial charge in [-0.1, -0.05) is 19.6 Å². The summed E-state index contributed by atoms with van der Waals surface area (Å²) in [4.78, 5) is 10.6. The number of carbonyl (C=O) groups excluding carboxylic acids is 1. The second-order valence-electron chi connectivity index (χ2n) is 2.97. The van der Waals surface area contributed by atoms with Crippen molar-refractivity contribution >= 4 is 25.9 Å². The highest BCUT2D eigenvalue weighted by Gasteiger charge is 2.24. The van der Waals surface area contributed by atoms with Crippen molar-refractivity contribution in [1.29, 1.82) is 0 Å². The first-order chi connectivity index (χ1) is 3.85. The smallest absolute Gasteiger partial charge is 0.225 e. The zero-order chi connectivity index (χ0) is 7.65. The second-order valence-corrected chi connectivity index (χ2v) is 8.38. The van der Waals surface area contributed by atoms with Gasteiger partial charge in [-0.2, -0.15) is 0 Å². The van der Waals surface area contributed by atoms with Crippen molar-refractivity contribution in [3.8, 4) is 0 Å². The Hall–Kier alpha value is -0.0231. The van der Waals surface area contributed by atoms with Gasteiger partial charge in [0.15, 0.2) is 8.24 Å². The molecule has 0 aliphatic carbocycles. The first-order valence-corrected chi connectivity index (χ1v) is 6.61. The lowest BCUT2D eigenvalue weighted by Gasteiger charge is -2.24. The van der Waals surface area contributed by atoms with Crippen LogP contribution in [0.3, 0.4) is 0 Å². The highest BCUT2D eigenvalue weighted by atomic mass is 35.5. The number of hydrogen-bond donors (Lipinski definition) is 0. The fourth-order valence-corrected chi connectivity index (χ4v) is 1.42. The van der Waals surface area contributed by atoms with Crippen LogP contribution in [0.4, 0.5) is 0 Å². The van der Waals surface area contributed by atoms with E-state index in [2.05, 4.69) is 0 Å². The summed E-state index contributed by atoms with van der Waals surface area (Å²) in [6.45, 7) is 7.52. The van der Waals surface area contributed by atoms with Gasteiger partial charge in [-0.3, -0.25) is 8.88 Å². The molecule has 0 unspecified atom stereocenters. The molecular formula is C5H12ClNOSi. The third-order valence-electron chi connectivity index (χ3n) is 0.865. The molecule has 2 nitrogen and oxygen atoms in total. The lowest BCUT2D eigenvalue weighted by Crippen LogP contribution is -2.41. The van der Waals surface area contributed by atoms with E-state index in [0.29, 0.717) is 0 Å². The molecule has 0 fully saturated rings. The summed E-state index contributed by atoms with van der Waals surface area (Å²) < 4.78 is 1.33. The summed E-state index contributed by atoms with van der Waals surface area (Å²) >= 11 is 5.64. The number of carbonyl (C=O) groups is 1. The van der Waals surface area contributed by atoms with E-state index >= 15 is 0 Å². The van der Waals surface area contributed by atoms with Crippen molar-refractivity contribution in [3.05, 3.63) is 0 Å². The summed E-state index contributed by atoms with van der Waals surface area (Å²) in [7, 11) is -1.57. The molecule has 0 radical (unpaired) electrons. The molecule has 0 aliphatic rings. The molecule has 9 heavy (non-hydrogen) atoms. The monoisotopic (exact) mass is 165 g/mol. The Bertz CT molecular complexity index is 121. The minimum Gasteiger partial charge on any atom is -0.285 e. The summed E-state index contributed by atoms with van der Waals surface area (Å²) in [6.07, 6.45) is 0. The van der Waals surface area contributed by atoms with Crippen LogP contribution in [0.2, 0.25) is 19.6 Å². The fraction of sp³-hybridized carbons (Fsp3) is 0.800. The number of halogens is 1.